The van der Waals surface area contributed by atoms with E-state index in [2.05, 4.69) is 0 Å². The van der Waals surface area contributed by atoms with Crippen LogP contribution < -0.4 is 4.74 Å². The molecule has 0 fully saturated rings. The van der Waals surface area contributed by atoms with E-state index in [0.29, 0.717) is 12.0 Å². The first-order chi connectivity index (χ1) is 10.6. The summed E-state index contributed by atoms with van der Waals surface area (Å²) < 4.78 is 57.8. The molecule has 0 spiro atoms. The average Bonchev–Trinajstić information content (AvgIpc) is 2.50. The van der Waals surface area contributed by atoms with E-state index in [4.69, 9.17) is 4.74 Å². The molecule has 0 aliphatic carbocycles. The molecule has 0 amide bonds. The SMILES string of the molecule is CCc1c(F)ccc(C(CC)C[C@@](O)(C=O)C(F)(F)F)c1OC. The Morgan fingerprint density at radius 3 is 2.30 bits per heavy atom. The van der Waals surface area contributed by atoms with Crippen LogP contribution in [0, 0.1) is 5.82 Å². The van der Waals surface area contributed by atoms with Crippen LogP contribution in [-0.2, 0) is 11.2 Å². The maximum Gasteiger partial charge on any atom is 0.424 e. The Hall–Kier alpha value is -1.63. The highest BCUT2D eigenvalue weighted by atomic mass is 19.4. The first-order valence-electron chi connectivity index (χ1n) is 7.25. The van der Waals surface area contributed by atoms with Crippen molar-refractivity contribution < 1.29 is 32.2 Å². The zero-order chi connectivity index (χ0) is 17.8. The lowest BCUT2D eigenvalue weighted by Gasteiger charge is -2.30. The van der Waals surface area contributed by atoms with Gasteiger partial charge in [0, 0.05) is 5.56 Å². The van der Waals surface area contributed by atoms with E-state index in [1.165, 1.54) is 13.2 Å². The molecule has 1 aromatic rings. The van der Waals surface area contributed by atoms with Crippen molar-refractivity contribution in [2.75, 3.05) is 7.11 Å². The summed E-state index contributed by atoms with van der Waals surface area (Å²) in [5, 5.41) is 9.66. The van der Waals surface area contributed by atoms with Gasteiger partial charge in [0.25, 0.3) is 0 Å². The monoisotopic (exact) mass is 336 g/mol. The van der Waals surface area contributed by atoms with Crippen LogP contribution in [0.2, 0.25) is 0 Å². The van der Waals surface area contributed by atoms with E-state index >= 15 is 0 Å². The molecule has 1 N–H and O–H groups in total. The van der Waals surface area contributed by atoms with E-state index in [9.17, 15) is 27.5 Å². The molecule has 7 heteroatoms. The summed E-state index contributed by atoms with van der Waals surface area (Å²) in [6.45, 7) is 3.32. The summed E-state index contributed by atoms with van der Waals surface area (Å²) in [5.74, 6) is -1.16. The van der Waals surface area contributed by atoms with Crippen LogP contribution in [0.25, 0.3) is 0 Å². The highest BCUT2D eigenvalue weighted by Crippen LogP contribution is 2.42. The van der Waals surface area contributed by atoms with Gasteiger partial charge in [0.2, 0.25) is 5.60 Å². The van der Waals surface area contributed by atoms with Gasteiger partial charge in [-0.2, -0.15) is 13.2 Å². The van der Waals surface area contributed by atoms with Crippen LogP contribution in [0.5, 0.6) is 5.75 Å². The molecule has 1 unspecified atom stereocenters. The third-order valence-corrected chi connectivity index (χ3v) is 3.97. The zero-order valence-electron chi connectivity index (χ0n) is 13.2. The number of rotatable bonds is 7. The number of methoxy groups -OCH3 is 1. The number of carbonyl (C=O) groups excluding carboxylic acids is 1. The Labute approximate surface area is 132 Å². The first kappa shape index (κ1) is 19.4. The number of aldehydes is 1. The van der Waals surface area contributed by atoms with Crippen LogP contribution in [0.15, 0.2) is 12.1 Å². The molecule has 0 aliphatic heterocycles. The van der Waals surface area contributed by atoms with E-state index in [-0.39, 0.29) is 17.7 Å². The van der Waals surface area contributed by atoms with Crippen molar-refractivity contribution in [1.82, 2.24) is 0 Å². The third-order valence-electron chi connectivity index (χ3n) is 3.97. The van der Waals surface area contributed by atoms with Crippen molar-refractivity contribution in [3.63, 3.8) is 0 Å². The van der Waals surface area contributed by atoms with Gasteiger partial charge in [-0.1, -0.05) is 19.9 Å². The largest absolute Gasteiger partial charge is 0.496 e. The normalized spacial score (nSPS) is 15.8. The molecule has 0 aromatic heterocycles. The Kier molecular flexibility index (Phi) is 6.16. The second-order valence-corrected chi connectivity index (χ2v) is 5.35. The van der Waals surface area contributed by atoms with E-state index < -0.39 is 36.2 Å². The summed E-state index contributed by atoms with van der Waals surface area (Å²) >= 11 is 0. The Morgan fingerprint density at radius 1 is 1.30 bits per heavy atom. The third kappa shape index (κ3) is 3.83. The van der Waals surface area contributed by atoms with Crippen molar-refractivity contribution >= 4 is 6.29 Å². The maximum absolute atomic E-state index is 13.8. The van der Waals surface area contributed by atoms with Crippen LogP contribution in [-0.4, -0.2) is 30.3 Å². The molecular weight excluding hydrogens is 316 g/mol. The number of alkyl halides is 3. The number of ether oxygens (including phenoxy) is 1. The minimum Gasteiger partial charge on any atom is -0.496 e. The molecule has 23 heavy (non-hydrogen) atoms. The van der Waals surface area contributed by atoms with Crippen LogP contribution in [0.1, 0.15) is 43.7 Å². The lowest BCUT2D eigenvalue weighted by atomic mass is 9.83. The van der Waals surface area contributed by atoms with Crippen molar-refractivity contribution in [1.29, 1.82) is 0 Å². The van der Waals surface area contributed by atoms with Crippen molar-refractivity contribution in [3.8, 4) is 5.75 Å². The summed E-state index contributed by atoms with van der Waals surface area (Å²) in [4.78, 5) is 10.8. The van der Waals surface area contributed by atoms with Crippen LogP contribution in [0.3, 0.4) is 0 Å². The molecule has 3 nitrogen and oxygen atoms in total. The predicted octanol–water partition coefficient (Wildman–Crippen LogP) is 3.77. The fourth-order valence-corrected chi connectivity index (χ4v) is 2.59. The fourth-order valence-electron chi connectivity index (χ4n) is 2.59. The average molecular weight is 336 g/mol. The van der Waals surface area contributed by atoms with Gasteiger partial charge in [-0.05, 0) is 36.8 Å². The second kappa shape index (κ2) is 7.29. The lowest BCUT2D eigenvalue weighted by molar-refractivity contribution is -0.247. The minimum atomic E-state index is -5.08. The predicted molar refractivity (Wildman–Crippen MR) is 77.0 cm³/mol. The Morgan fingerprint density at radius 2 is 1.91 bits per heavy atom. The van der Waals surface area contributed by atoms with Crippen molar-refractivity contribution in [3.05, 3.63) is 29.1 Å². The van der Waals surface area contributed by atoms with E-state index in [0.717, 1.165) is 6.07 Å². The summed E-state index contributed by atoms with van der Waals surface area (Å²) in [7, 11) is 1.31. The Balaban J connectivity index is 3.34. The molecule has 0 radical (unpaired) electrons. The number of carbonyl (C=O) groups is 1. The molecule has 2 atom stereocenters. The molecule has 0 bridgehead atoms. The topological polar surface area (TPSA) is 46.5 Å². The second-order valence-electron chi connectivity index (χ2n) is 5.35. The van der Waals surface area contributed by atoms with Gasteiger partial charge in [0.15, 0.2) is 6.29 Å². The Bertz CT molecular complexity index is 557. The molecule has 1 aromatic carbocycles. The summed E-state index contributed by atoms with van der Waals surface area (Å²) in [5.41, 5.74) is -2.85. The van der Waals surface area contributed by atoms with Gasteiger partial charge in [0.05, 0.1) is 7.11 Å². The molecule has 130 valence electrons. The first-order valence-corrected chi connectivity index (χ1v) is 7.25. The lowest BCUT2D eigenvalue weighted by Crippen LogP contribution is -2.47. The van der Waals surface area contributed by atoms with Gasteiger partial charge >= 0.3 is 6.18 Å². The van der Waals surface area contributed by atoms with Crippen LogP contribution in [0.4, 0.5) is 17.6 Å². The molecule has 0 saturated carbocycles. The molecule has 0 aliphatic rings. The van der Waals surface area contributed by atoms with E-state index in [1.54, 1.807) is 13.8 Å². The van der Waals surface area contributed by atoms with Crippen LogP contribution >= 0.6 is 0 Å². The van der Waals surface area contributed by atoms with Crippen molar-refractivity contribution in [2.45, 2.75) is 50.8 Å². The van der Waals surface area contributed by atoms with Gasteiger partial charge in [-0.3, -0.25) is 4.79 Å². The molecular formula is C16H20F4O3. The van der Waals surface area contributed by atoms with Crippen molar-refractivity contribution in [2.24, 2.45) is 0 Å². The van der Waals surface area contributed by atoms with E-state index in [1.807, 2.05) is 0 Å². The highest BCUT2D eigenvalue weighted by molar-refractivity contribution is 5.64. The van der Waals surface area contributed by atoms with Gasteiger partial charge in [-0.25, -0.2) is 4.39 Å². The highest BCUT2D eigenvalue weighted by Gasteiger charge is 2.54. The standard InChI is InChI=1S/C16H20F4O3/c1-4-10(8-15(22,9-21)16(18,19)20)12-6-7-13(17)11(5-2)14(12)23-3/h6-7,9-10,22H,4-5,8H2,1-3H3/t10?,15-/m1/s1. The number of halogens is 4. The number of hydrogen-bond acceptors (Lipinski definition) is 3. The maximum atomic E-state index is 13.8. The molecule has 0 heterocycles. The summed E-state index contributed by atoms with van der Waals surface area (Å²) in [6.07, 6.45) is -5.90. The fraction of sp³-hybridized carbons (Fsp3) is 0.562. The quantitative estimate of drug-likeness (QED) is 0.609. The number of benzene rings is 1. The van der Waals surface area contributed by atoms with Gasteiger partial charge in [0.1, 0.15) is 11.6 Å². The number of hydrogen-bond donors (Lipinski definition) is 1. The van der Waals surface area contributed by atoms with Gasteiger partial charge < -0.3 is 9.84 Å². The molecule has 1 rings (SSSR count). The summed E-state index contributed by atoms with van der Waals surface area (Å²) in [6, 6.07) is 2.50. The van der Waals surface area contributed by atoms with Gasteiger partial charge in [-0.15, -0.1) is 0 Å². The molecule has 0 saturated heterocycles. The zero-order valence-corrected chi connectivity index (χ0v) is 13.2. The number of aliphatic hydroxyl groups is 1. The smallest absolute Gasteiger partial charge is 0.424 e. The minimum absolute atomic E-state index is 0.162.